The largest absolute Gasteiger partial charge is 0.336 e. The number of urea groups is 1. The third-order valence-electron chi connectivity index (χ3n) is 4.84. The van der Waals surface area contributed by atoms with Gasteiger partial charge in [0.2, 0.25) is 5.91 Å². The lowest BCUT2D eigenvalue weighted by molar-refractivity contribution is -0.135. The maximum absolute atomic E-state index is 12.1. The van der Waals surface area contributed by atoms with Crippen LogP contribution in [0.1, 0.15) is 43.4 Å². The molecule has 0 aliphatic carbocycles. The second-order valence-corrected chi connectivity index (χ2v) is 7.21. The average Bonchev–Trinajstić information content (AvgIpc) is 2.68. The third-order valence-corrected chi connectivity index (χ3v) is 5.10. The van der Waals surface area contributed by atoms with Gasteiger partial charge in [-0.15, -0.1) is 0 Å². The topological polar surface area (TPSA) is 61.4 Å². The Labute approximate surface area is 164 Å². The highest BCUT2D eigenvalue weighted by molar-refractivity contribution is 6.30. The summed E-state index contributed by atoms with van der Waals surface area (Å²) in [5.41, 5.74) is 2.76. The Morgan fingerprint density at radius 2 is 1.81 bits per heavy atom. The molecule has 1 fully saturated rings. The lowest BCUT2D eigenvalue weighted by Gasteiger charge is -2.32. The van der Waals surface area contributed by atoms with E-state index in [1.54, 1.807) is 12.1 Å². The fourth-order valence-corrected chi connectivity index (χ4v) is 3.35. The van der Waals surface area contributed by atoms with E-state index in [-0.39, 0.29) is 18.0 Å². The Morgan fingerprint density at radius 3 is 2.48 bits per heavy atom. The van der Waals surface area contributed by atoms with Crippen LogP contribution in [0.3, 0.4) is 0 Å². The van der Waals surface area contributed by atoms with Gasteiger partial charge in [-0.05, 0) is 55.2 Å². The van der Waals surface area contributed by atoms with Gasteiger partial charge in [0.15, 0.2) is 0 Å². The van der Waals surface area contributed by atoms with Crippen LogP contribution in [0.2, 0.25) is 5.02 Å². The predicted octanol–water partition coefficient (Wildman–Crippen LogP) is 4.74. The zero-order valence-electron chi connectivity index (χ0n) is 15.4. The SMILES string of the molecule is CC(c1ccc(NC(=O)NCc2ccc(Cl)cc2)cc1)N1CCCCC1=O. The molecule has 2 aromatic carbocycles. The van der Waals surface area contributed by atoms with Gasteiger partial charge in [0.05, 0.1) is 6.04 Å². The van der Waals surface area contributed by atoms with Crippen LogP contribution in [0.5, 0.6) is 0 Å². The first-order valence-electron chi connectivity index (χ1n) is 9.21. The van der Waals surface area contributed by atoms with Gasteiger partial charge in [-0.2, -0.15) is 0 Å². The molecule has 0 aromatic heterocycles. The van der Waals surface area contributed by atoms with Crippen molar-refractivity contribution < 1.29 is 9.59 Å². The standard InChI is InChI=1S/C21H24ClN3O2/c1-15(25-13-3-2-4-20(25)26)17-7-11-19(12-8-17)24-21(27)23-14-16-5-9-18(22)10-6-16/h5-12,15H,2-4,13-14H2,1H3,(H2,23,24,27). The number of anilines is 1. The van der Waals surface area contributed by atoms with Crippen molar-refractivity contribution in [2.75, 3.05) is 11.9 Å². The number of carbonyl (C=O) groups is 2. The molecule has 2 aromatic rings. The molecule has 3 amide bonds. The highest BCUT2D eigenvalue weighted by Crippen LogP contribution is 2.25. The molecule has 1 saturated heterocycles. The van der Waals surface area contributed by atoms with Crippen LogP contribution in [-0.4, -0.2) is 23.4 Å². The molecule has 3 rings (SSSR count). The number of nitrogens with one attached hydrogen (secondary N) is 2. The summed E-state index contributed by atoms with van der Waals surface area (Å²) in [7, 11) is 0. The van der Waals surface area contributed by atoms with Crippen molar-refractivity contribution in [3.05, 3.63) is 64.7 Å². The lowest BCUT2D eigenvalue weighted by atomic mass is 10.0. The quantitative estimate of drug-likeness (QED) is 0.781. The van der Waals surface area contributed by atoms with Crippen molar-refractivity contribution in [3.8, 4) is 0 Å². The first kappa shape index (κ1) is 19.2. The smallest absolute Gasteiger partial charge is 0.319 e. The average molecular weight is 386 g/mol. The van der Waals surface area contributed by atoms with Crippen molar-refractivity contribution in [2.45, 2.75) is 38.8 Å². The van der Waals surface area contributed by atoms with Crippen LogP contribution in [0.15, 0.2) is 48.5 Å². The van der Waals surface area contributed by atoms with Gasteiger partial charge in [0, 0.05) is 30.2 Å². The van der Waals surface area contributed by atoms with E-state index in [9.17, 15) is 9.59 Å². The molecular formula is C21H24ClN3O2. The van der Waals surface area contributed by atoms with Gasteiger partial charge in [-0.1, -0.05) is 35.9 Å². The molecule has 1 atom stereocenters. The molecule has 1 aliphatic heterocycles. The van der Waals surface area contributed by atoms with Crippen LogP contribution in [0.25, 0.3) is 0 Å². The summed E-state index contributed by atoms with van der Waals surface area (Å²) in [6, 6.07) is 14.8. The second-order valence-electron chi connectivity index (χ2n) is 6.78. The van der Waals surface area contributed by atoms with E-state index in [1.165, 1.54) is 0 Å². The molecule has 5 nitrogen and oxygen atoms in total. The Bertz CT molecular complexity index is 790. The van der Waals surface area contributed by atoms with Crippen LogP contribution in [0.4, 0.5) is 10.5 Å². The molecule has 1 aliphatic rings. The van der Waals surface area contributed by atoms with Crippen LogP contribution in [-0.2, 0) is 11.3 Å². The molecule has 6 heteroatoms. The summed E-state index contributed by atoms with van der Waals surface area (Å²) in [6.07, 6.45) is 2.68. The summed E-state index contributed by atoms with van der Waals surface area (Å²) in [4.78, 5) is 26.1. The number of hydrogen-bond donors (Lipinski definition) is 2. The Morgan fingerprint density at radius 1 is 1.11 bits per heavy atom. The van der Waals surface area contributed by atoms with Gasteiger partial charge in [0.25, 0.3) is 0 Å². The van der Waals surface area contributed by atoms with Crippen LogP contribution in [0, 0.1) is 0 Å². The molecule has 0 spiro atoms. The maximum Gasteiger partial charge on any atom is 0.319 e. The molecule has 2 N–H and O–H groups in total. The Hall–Kier alpha value is -2.53. The van der Waals surface area contributed by atoms with Gasteiger partial charge in [-0.3, -0.25) is 4.79 Å². The summed E-state index contributed by atoms with van der Waals surface area (Å²) in [5.74, 6) is 0.220. The fraction of sp³-hybridized carbons (Fsp3) is 0.333. The summed E-state index contributed by atoms with van der Waals surface area (Å²) in [6.45, 7) is 3.28. The van der Waals surface area contributed by atoms with Crippen molar-refractivity contribution in [1.29, 1.82) is 0 Å². The van der Waals surface area contributed by atoms with Gasteiger partial charge in [-0.25, -0.2) is 4.79 Å². The number of likely N-dealkylation sites (tertiary alicyclic amines) is 1. The Kier molecular flexibility index (Phi) is 6.35. The first-order chi connectivity index (χ1) is 13.0. The predicted molar refractivity (Wildman–Crippen MR) is 108 cm³/mol. The molecule has 0 bridgehead atoms. The Balaban J connectivity index is 1.53. The van der Waals surface area contributed by atoms with E-state index >= 15 is 0 Å². The molecule has 1 heterocycles. The number of piperidine rings is 1. The molecule has 142 valence electrons. The van der Waals surface area contributed by atoms with Crippen LogP contribution >= 0.6 is 11.6 Å². The minimum atomic E-state index is -0.267. The minimum Gasteiger partial charge on any atom is -0.336 e. The van der Waals surface area contributed by atoms with E-state index in [0.29, 0.717) is 23.7 Å². The minimum absolute atomic E-state index is 0.0468. The lowest BCUT2D eigenvalue weighted by Crippen LogP contribution is -2.37. The highest BCUT2D eigenvalue weighted by atomic mass is 35.5. The summed E-state index contributed by atoms with van der Waals surface area (Å²) in [5, 5.41) is 6.31. The van der Waals surface area contributed by atoms with E-state index < -0.39 is 0 Å². The number of nitrogens with zero attached hydrogens (tertiary/aromatic N) is 1. The molecule has 0 saturated carbocycles. The maximum atomic E-state index is 12.1. The van der Waals surface area contributed by atoms with Crippen molar-refractivity contribution >= 4 is 29.2 Å². The van der Waals surface area contributed by atoms with Crippen molar-refractivity contribution in [1.82, 2.24) is 10.2 Å². The van der Waals surface area contributed by atoms with Gasteiger partial charge in [0.1, 0.15) is 0 Å². The summed E-state index contributed by atoms with van der Waals surface area (Å²) >= 11 is 5.85. The van der Waals surface area contributed by atoms with Crippen molar-refractivity contribution in [2.24, 2.45) is 0 Å². The van der Waals surface area contributed by atoms with Crippen LogP contribution < -0.4 is 10.6 Å². The third kappa shape index (κ3) is 5.23. The second kappa shape index (κ2) is 8.91. The number of rotatable bonds is 5. The van der Waals surface area contributed by atoms with Crippen molar-refractivity contribution in [3.63, 3.8) is 0 Å². The first-order valence-corrected chi connectivity index (χ1v) is 9.59. The van der Waals surface area contributed by atoms with Gasteiger partial charge < -0.3 is 15.5 Å². The zero-order chi connectivity index (χ0) is 19.2. The van der Waals surface area contributed by atoms with E-state index in [2.05, 4.69) is 10.6 Å². The number of carbonyl (C=O) groups excluding carboxylic acids is 2. The van der Waals surface area contributed by atoms with E-state index in [0.717, 1.165) is 30.5 Å². The molecule has 27 heavy (non-hydrogen) atoms. The zero-order valence-corrected chi connectivity index (χ0v) is 16.1. The van der Waals surface area contributed by atoms with Gasteiger partial charge >= 0.3 is 6.03 Å². The normalized spacial score (nSPS) is 15.3. The highest BCUT2D eigenvalue weighted by Gasteiger charge is 2.23. The molecule has 1 unspecified atom stereocenters. The number of hydrogen-bond acceptors (Lipinski definition) is 2. The fourth-order valence-electron chi connectivity index (χ4n) is 3.22. The van der Waals surface area contributed by atoms with E-state index in [1.807, 2.05) is 48.2 Å². The summed E-state index contributed by atoms with van der Waals surface area (Å²) < 4.78 is 0. The number of benzene rings is 2. The number of halogens is 1. The molecular weight excluding hydrogens is 362 g/mol. The molecule has 0 radical (unpaired) electrons. The van der Waals surface area contributed by atoms with E-state index in [4.69, 9.17) is 11.6 Å². The monoisotopic (exact) mass is 385 g/mol. The number of amides is 3.